The molecule has 2 nitrogen and oxygen atoms in total. The fourth-order valence-electron chi connectivity index (χ4n) is 1.13. The highest BCUT2D eigenvalue weighted by Gasteiger charge is 2.18. The van der Waals surface area contributed by atoms with Gasteiger partial charge in [-0.3, -0.25) is 4.79 Å². The molecule has 0 unspecified atom stereocenters. The van der Waals surface area contributed by atoms with Gasteiger partial charge in [0.2, 0.25) is 0 Å². The van der Waals surface area contributed by atoms with Gasteiger partial charge in [0.25, 0.3) is 5.91 Å². The minimum atomic E-state index is -0.0234. The maximum Gasteiger partial charge on any atom is 0.252 e. The maximum absolute atomic E-state index is 12.0. The van der Waals surface area contributed by atoms with E-state index in [1.807, 2.05) is 18.2 Å². The molecular weight excluding hydrogens is 461 g/mol. The Kier molecular flexibility index (Phi) is 5.92. The third-order valence-corrected chi connectivity index (χ3v) is 5.21. The number of hydrogen-bond donors (Lipinski definition) is 1. The number of alkyl halides is 1. The monoisotopic (exact) mass is 473 g/mol. The van der Waals surface area contributed by atoms with Gasteiger partial charge < -0.3 is 5.32 Å². The van der Waals surface area contributed by atoms with Crippen LogP contribution >= 0.6 is 54.5 Å². The summed E-state index contributed by atoms with van der Waals surface area (Å²) in [4.78, 5) is 12.0. The second-order valence-electron chi connectivity index (χ2n) is 4.60. The molecule has 0 heterocycles. The van der Waals surface area contributed by atoms with E-state index in [-0.39, 0.29) is 11.3 Å². The van der Waals surface area contributed by atoms with Gasteiger partial charge in [-0.15, -0.1) is 0 Å². The fourth-order valence-corrected chi connectivity index (χ4v) is 2.27. The first kappa shape index (κ1) is 15.4. The van der Waals surface area contributed by atoms with E-state index in [1.54, 1.807) is 0 Å². The first-order valence-corrected chi connectivity index (χ1v) is 8.14. The van der Waals surface area contributed by atoms with Gasteiger partial charge in [-0.05, 0) is 46.2 Å². The molecular formula is C12H14Br2INO. The van der Waals surface area contributed by atoms with E-state index < -0.39 is 0 Å². The van der Waals surface area contributed by atoms with Gasteiger partial charge in [0.05, 0.1) is 5.56 Å². The standard InChI is InChI=1S/C12H14Br2INO/c1-12(2,6-13)7-16-11(17)9-5-8(14)3-4-10(9)15/h3-5H,6-7H2,1-2H3,(H,16,17). The summed E-state index contributed by atoms with van der Waals surface area (Å²) in [5, 5.41) is 3.82. The lowest BCUT2D eigenvalue weighted by Crippen LogP contribution is -2.35. The average Bonchev–Trinajstić information content (AvgIpc) is 2.29. The summed E-state index contributed by atoms with van der Waals surface area (Å²) in [5.74, 6) is -0.0234. The topological polar surface area (TPSA) is 29.1 Å². The molecule has 1 aromatic rings. The van der Waals surface area contributed by atoms with Gasteiger partial charge in [-0.2, -0.15) is 0 Å². The molecule has 1 aromatic carbocycles. The predicted octanol–water partition coefficient (Wildman–Crippen LogP) is 4.20. The zero-order chi connectivity index (χ0) is 13.1. The molecule has 0 aliphatic heterocycles. The summed E-state index contributed by atoms with van der Waals surface area (Å²) in [5.41, 5.74) is 0.776. The lowest BCUT2D eigenvalue weighted by atomic mass is 9.97. The Balaban J connectivity index is 2.74. The smallest absolute Gasteiger partial charge is 0.252 e. The number of halogens is 3. The van der Waals surface area contributed by atoms with Crippen molar-refractivity contribution in [2.24, 2.45) is 5.41 Å². The Hall–Kier alpha value is 0.380. The number of amides is 1. The third-order valence-electron chi connectivity index (χ3n) is 2.26. The molecule has 5 heteroatoms. The minimum Gasteiger partial charge on any atom is -0.351 e. The van der Waals surface area contributed by atoms with Crippen molar-refractivity contribution in [1.82, 2.24) is 5.32 Å². The number of nitrogens with one attached hydrogen (secondary N) is 1. The SMILES string of the molecule is CC(C)(CBr)CNC(=O)c1cc(Br)ccc1I. The molecule has 0 saturated carbocycles. The molecule has 0 bridgehead atoms. The summed E-state index contributed by atoms with van der Waals surface area (Å²) in [6, 6.07) is 5.70. The van der Waals surface area contributed by atoms with Crippen molar-refractivity contribution < 1.29 is 4.79 Å². The van der Waals surface area contributed by atoms with E-state index in [1.165, 1.54) is 0 Å². The Labute approximate surface area is 132 Å². The Morgan fingerprint density at radius 2 is 2.12 bits per heavy atom. The van der Waals surface area contributed by atoms with Crippen molar-refractivity contribution in [3.05, 3.63) is 31.8 Å². The van der Waals surface area contributed by atoms with Crippen LogP contribution in [-0.4, -0.2) is 17.8 Å². The Morgan fingerprint density at radius 3 is 2.71 bits per heavy atom. The first-order valence-electron chi connectivity index (χ1n) is 5.15. The van der Waals surface area contributed by atoms with E-state index in [0.29, 0.717) is 12.1 Å². The van der Waals surface area contributed by atoms with Crippen molar-refractivity contribution in [1.29, 1.82) is 0 Å². The van der Waals surface area contributed by atoms with Crippen LogP contribution in [0.5, 0.6) is 0 Å². The van der Waals surface area contributed by atoms with E-state index in [2.05, 4.69) is 73.6 Å². The first-order chi connectivity index (χ1) is 7.85. The van der Waals surface area contributed by atoms with E-state index >= 15 is 0 Å². The number of benzene rings is 1. The van der Waals surface area contributed by atoms with Crippen LogP contribution in [0.2, 0.25) is 0 Å². The van der Waals surface area contributed by atoms with E-state index in [9.17, 15) is 4.79 Å². The number of carbonyl (C=O) groups is 1. The van der Waals surface area contributed by atoms with Crippen molar-refractivity contribution in [3.63, 3.8) is 0 Å². The van der Waals surface area contributed by atoms with Crippen LogP contribution in [0.3, 0.4) is 0 Å². The van der Waals surface area contributed by atoms with Crippen molar-refractivity contribution in [3.8, 4) is 0 Å². The largest absolute Gasteiger partial charge is 0.351 e. The van der Waals surface area contributed by atoms with Gasteiger partial charge >= 0.3 is 0 Å². The number of rotatable bonds is 4. The predicted molar refractivity (Wildman–Crippen MR) is 86.8 cm³/mol. The van der Waals surface area contributed by atoms with E-state index in [0.717, 1.165) is 13.4 Å². The molecule has 0 aliphatic rings. The molecule has 1 amide bonds. The zero-order valence-electron chi connectivity index (χ0n) is 9.69. The number of carbonyl (C=O) groups excluding carboxylic acids is 1. The Morgan fingerprint density at radius 1 is 1.47 bits per heavy atom. The highest BCUT2D eigenvalue weighted by molar-refractivity contribution is 14.1. The van der Waals surface area contributed by atoms with Crippen molar-refractivity contribution >= 4 is 60.4 Å². The molecule has 94 valence electrons. The molecule has 1 rings (SSSR count). The molecule has 0 fully saturated rings. The fraction of sp³-hybridized carbons (Fsp3) is 0.417. The number of hydrogen-bond acceptors (Lipinski definition) is 1. The van der Waals surface area contributed by atoms with Crippen LogP contribution in [0.15, 0.2) is 22.7 Å². The molecule has 0 spiro atoms. The van der Waals surface area contributed by atoms with Crippen molar-refractivity contribution in [2.75, 3.05) is 11.9 Å². The second kappa shape index (κ2) is 6.52. The van der Waals surface area contributed by atoms with Crippen LogP contribution in [0.4, 0.5) is 0 Å². The summed E-state index contributed by atoms with van der Waals surface area (Å²) >= 11 is 8.99. The van der Waals surface area contributed by atoms with Gasteiger partial charge in [0, 0.05) is 19.9 Å². The molecule has 0 aromatic heterocycles. The van der Waals surface area contributed by atoms with E-state index in [4.69, 9.17) is 0 Å². The van der Waals surface area contributed by atoms with Crippen LogP contribution in [-0.2, 0) is 0 Å². The molecule has 17 heavy (non-hydrogen) atoms. The Bertz CT molecular complexity index is 421. The van der Waals surface area contributed by atoms with Crippen LogP contribution in [0.25, 0.3) is 0 Å². The maximum atomic E-state index is 12.0. The molecule has 0 saturated heterocycles. The molecule has 0 radical (unpaired) electrons. The normalized spacial score (nSPS) is 11.4. The summed E-state index contributed by atoms with van der Waals surface area (Å²) in [6.07, 6.45) is 0. The second-order valence-corrected chi connectivity index (χ2v) is 7.24. The quantitative estimate of drug-likeness (QED) is 0.514. The zero-order valence-corrected chi connectivity index (χ0v) is 15.0. The minimum absolute atomic E-state index is 0.0234. The van der Waals surface area contributed by atoms with Crippen molar-refractivity contribution in [2.45, 2.75) is 13.8 Å². The summed E-state index contributed by atoms with van der Waals surface area (Å²) in [7, 11) is 0. The van der Waals surface area contributed by atoms with Crippen LogP contribution in [0, 0.1) is 8.99 Å². The molecule has 1 N–H and O–H groups in total. The van der Waals surface area contributed by atoms with Crippen LogP contribution in [0.1, 0.15) is 24.2 Å². The van der Waals surface area contributed by atoms with Gasteiger partial charge in [0.1, 0.15) is 0 Å². The molecule has 0 atom stereocenters. The third kappa shape index (κ3) is 4.87. The summed E-state index contributed by atoms with van der Waals surface area (Å²) < 4.78 is 1.88. The highest BCUT2D eigenvalue weighted by atomic mass is 127. The lowest BCUT2D eigenvalue weighted by Gasteiger charge is -2.22. The average molecular weight is 475 g/mol. The highest BCUT2D eigenvalue weighted by Crippen LogP contribution is 2.20. The summed E-state index contributed by atoms with van der Waals surface area (Å²) in [6.45, 7) is 4.86. The van der Waals surface area contributed by atoms with Gasteiger partial charge in [0.15, 0.2) is 0 Å². The van der Waals surface area contributed by atoms with Gasteiger partial charge in [-0.25, -0.2) is 0 Å². The molecule has 0 aliphatic carbocycles. The lowest BCUT2D eigenvalue weighted by molar-refractivity contribution is 0.0939. The van der Waals surface area contributed by atoms with Crippen LogP contribution < -0.4 is 5.32 Å². The van der Waals surface area contributed by atoms with Gasteiger partial charge in [-0.1, -0.05) is 45.7 Å².